The topological polar surface area (TPSA) is 153 Å². The lowest BCUT2D eigenvalue weighted by Gasteiger charge is -2.19. The molecular weight excluding hydrogens is 629 g/mol. The summed E-state index contributed by atoms with van der Waals surface area (Å²) >= 11 is 1.43. The number of aromatic nitrogens is 1. The summed E-state index contributed by atoms with van der Waals surface area (Å²) in [7, 11) is -2.57. The second-order valence-electron chi connectivity index (χ2n) is 10.9. The molecule has 0 saturated carbocycles. The Morgan fingerprint density at radius 1 is 1.02 bits per heavy atom. The normalized spacial score (nSPS) is 14.0. The van der Waals surface area contributed by atoms with Gasteiger partial charge in [0.05, 0.1) is 41.3 Å². The third-order valence-electron chi connectivity index (χ3n) is 7.35. The number of amides is 2. The van der Waals surface area contributed by atoms with E-state index in [1.807, 2.05) is 38.1 Å². The fraction of sp³-hybridized carbons (Fsp3) is 0.273. The van der Waals surface area contributed by atoms with Crippen LogP contribution in [-0.4, -0.2) is 57.5 Å². The van der Waals surface area contributed by atoms with Crippen molar-refractivity contribution >= 4 is 44.6 Å². The van der Waals surface area contributed by atoms with Gasteiger partial charge in [0, 0.05) is 22.2 Å². The highest BCUT2D eigenvalue weighted by atomic mass is 32.2. The fourth-order valence-corrected chi connectivity index (χ4v) is 7.37. The number of nitrogens with zero attached hydrogens (tertiary/aromatic N) is 1. The first kappa shape index (κ1) is 32.8. The fourth-order valence-electron chi connectivity index (χ4n) is 4.92. The van der Waals surface area contributed by atoms with Crippen molar-refractivity contribution in [1.29, 1.82) is 0 Å². The Hall–Kier alpha value is -4.59. The number of ether oxygens (including phenoxy) is 2. The van der Waals surface area contributed by atoms with Gasteiger partial charge in [-0.1, -0.05) is 26.0 Å². The molecule has 0 radical (unpaired) electrons. The van der Waals surface area contributed by atoms with Crippen molar-refractivity contribution in [2.24, 2.45) is 5.92 Å². The number of thiazole rings is 1. The van der Waals surface area contributed by atoms with E-state index in [1.165, 1.54) is 48.8 Å². The number of carbonyl (C=O) groups excluding carboxylic acids is 3. The standard InChI is InChI=1S/C33H34N4O7S2/c1-20(2)29(33(40)43-3)34-15-6-16-44-23-12-9-21(10-13-23)32-36-19-24(45-32)18-35-30(38)22-11-14-28-26(17-22)37-31(39)25-7-4-5-8-27(25)46(28,41)42/h4-5,7-14,17,19-20,29,34H,6,15-16,18H2,1-3H3,(H,35,38)(H,37,39)/t29-/m0/s1. The predicted molar refractivity (Wildman–Crippen MR) is 174 cm³/mol. The average Bonchev–Trinajstić information content (AvgIpc) is 3.51. The van der Waals surface area contributed by atoms with Crippen LogP contribution in [0.5, 0.6) is 5.75 Å². The molecule has 0 unspecified atom stereocenters. The summed E-state index contributed by atoms with van der Waals surface area (Å²) in [6.07, 6.45) is 2.41. The molecule has 0 saturated heterocycles. The number of nitrogens with one attached hydrogen (secondary N) is 3. The van der Waals surface area contributed by atoms with Crippen molar-refractivity contribution in [3.8, 4) is 16.3 Å². The van der Waals surface area contributed by atoms with E-state index in [1.54, 1.807) is 18.3 Å². The molecule has 4 aromatic rings. The molecule has 2 heterocycles. The van der Waals surface area contributed by atoms with Gasteiger partial charge in [0.1, 0.15) is 16.8 Å². The summed E-state index contributed by atoms with van der Waals surface area (Å²) in [6, 6.07) is 17.3. The molecule has 3 aromatic carbocycles. The van der Waals surface area contributed by atoms with Crippen molar-refractivity contribution in [3.63, 3.8) is 0 Å². The number of hydrogen-bond donors (Lipinski definition) is 3. The SMILES string of the molecule is COC(=O)[C@@H](NCCCOc1ccc(-c2ncc(CNC(=O)c3ccc4c(c3)NC(=O)c3ccccc3S4(=O)=O)s2)cc1)C(C)C. The van der Waals surface area contributed by atoms with Crippen LogP contribution in [0.15, 0.2) is 82.7 Å². The van der Waals surface area contributed by atoms with Gasteiger partial charge >= 0.3 is 5.97 Å². The third kappa shape index (κ3) is 7.27. The van der Waals surface area contributed by atoms with Crippen LogP contribution >= 0.6 is 11.3 Å². The molecule has 1 aliphatic heterocycles. The molecular formula is C33H34N4O7S2. The maximum absolute atomic E-state index is 13.2. The largest absolute Gasteiger partial charge is 0.494 e. The van der Waals surface area contributed by atoms with Crippen LogP contribution in [0.1, 0.15) is 45.9 Å². The predicted octanol–water partition coefficient (Wildman–Crippen LogP) is 4.69. The first-order chi connectivity index (χ1) is 22.1. The van der Waals surface area contributed by atoms with Crippen molar-refractivity contribution in [2.75, 3.05) is 25.6 Å². The van der Waals surface area contributed by atoms with Gasteiger partial charge in [-0.05, 0) is 73.5 Å². The zero-order chi connectivity index (χ0) is 32.8. The smallest absolute Gasteiger partial charge is 0.323 e. The first-order valence-electron chi connectivity index (χ1n) is 14.7. The van der Waals surface area contributed by atoms with Crippen molar-refractivity contribution < 1.29 is 32.3 Å². The number of anilines is 1. The van der Waals surface area contributed by atoms with E-state index in [4.69, 9.17) is 9.47 Å². The summed E-state index contributed by atoms with van der Waals surface area (Å²) in [5, 5.41) is 9.45. The molecule has 2 amide bonds. The molecule has 0 spiro atoms. The lowest BCUT2D eigenvalue weighted by molar-refractivity contribution is -0.144. The number of carbonyl (C=O) groups is 3. The molecule has 11 nitrogen and oxygen atoms in total. The Labute approximate surface area is 271 Å². The van der Waals surface area contributed by atoms with E-state index < -0.39 is 21.7 Å². The van der Waals surface area contributed by atoms with Gasteiger partial charge in [-0.2, -0.15) is 0 Å². The van der Waals surface area contributed by atoms with Gasteiger partial charge in [0.2, 0.25) is 9.84 Å². The maximum Gasteiger partial charge on any atom is 0.323 e. The van der Waals surface area contributed by atoms with Crippen LogP contribution in [0.4, 0.5) is 5.69 Å². The number of sulfone groups is 1. The average molecular weight is 663 g/mol. The van der Waals surface area contributed by atoms with E-state index in [0.29, 0.717) is 13.2 Å². The number of methoxy groups -OCH3 is 1. The molecule has 240 valence electrons. The highest BCUT2D eigenvalue weighted by Gasteiger charge is 2.31. The highest BCUT2D eigenvalue weighted by molar-refractivity contribution is 7.91. The van der Waals surface area contributed by atoms with Crippen molar-refractivity contribution in [2.45, 2.75) is 42.6 Å². The summed E-state index contributed by atoms with van der Waals surface area (Å²) < 4.78 is 37.1. The second kappa shape index (κ2) is 14.2. The van der Waals surface area contributed by atoms with Crippen molar-refractivity contribution in [3.05, 3.63) is 88.9 Å². The van der Waals surface area contributed by atoms with E-state index in [9.17, 15) is 22.8 Å². The van der Waals surface area contributed by atoms with E-state index in [2.05, 4.69) is 20.9 Å². The maximum atomic E-state index is 13.2. The monoisotopic (exact) mass is 662 g/mol. The van der Waals surface area contributed by atoms with Crippen LogP contribution in [0.3, 0.4) is 0 Å². The zero-order valence-corrected chi connectivity index (χ0v) is 27.2. The molecule has 3 N–H and O–H groups in total. The highest BCUT2D eigenvalue weighted by Crippen LogP contribution is 2.34. The van der Waals surface area contributed by atoms with Gasteiger partial charge < -0.3 is 25.4 Å². The molecule has 1 aliphatic rings. The lowest BCUT2D eigenvalue weighted by atomic mass is 10.0. The lowest BCUT2D eigenvalue weighted by Crippen LogP contribution is -2.42. The Balaban J connectivity index is 1.14. The van der Waals surface area contributed by atoms with Crippen LogP contribution in [0, 0.1) is 5.92 Å². The number of esters is 1. The Morgan fingerprint density at radius 3 is 2.52 bits per heavy atom. The third-order valence-corrected chi connectivity index (χ3v) is 10.3. The van der Waals surface area contributed by atoms with Gasteiger partial charge in [-0.3, -0.25) is 14.4 Å². The summed E-state index contributed by atoms with van der Waals surface area (Å²) in [5.74, 6) is -0.415. The zero-order valence-electron chi connectivity index (χ0n) is 25.5. The van der Waals surface area contributed by atoms with Gasteiger partial charge in [0.25, 0.3) is 11.8 Å². The molecule has 46 heavy (non-hydrogen) atoms. The number of fused-ring (bicyclic) bond motifs is 2. The Kier molecular flexibility index (Phi) is 10.1. The summed E-state index contributed by atoms with van der Waals surface area (Å²) in [4.78, 5) is 42.7. The number of hydrogen-bond acceptors (Lipinski definition) is 10. The first-order valence-corrected chi connectivity index (χ1v) is 17.0. The van der Waals surface area contributed by atoms with E-state index in [-0.39, 0.29) is 51.1 Å². The molecule has 13 heteroatoms. The molecule has 1 aromatic heterocycles. The molecule has 0 bridgehead atoms. The van der Waals surface area contributed by atoms with Crippen LogP contribution in [0.25, 0.3) is 10.6 Å². The Bertz CT molecular complexity index is 1850. The second-order valence-corrected chi connectivity index (χ2v) is 13.9. The summed E-state index contributed by atoms with van der Waals surface area (Å²) in [6.45, 7) is 5.25. The van der Waals surface area contributed by atoms with Crippen LogP contribution in [-0.2, 0) is 25.9 Å². The molecule has 1 atom stereocenters. The van der Waals surface area contributed by atoms with E-state index >= 15 is 0 Å². The summed E-state index contributed by atoms with van der Waals surface area (Å²) in [5.41, 5.74) is 1.21. The van der Waals surface area contributed by atoms with Gasteiger partial charge in [0.15, 0.2) is 0 Å². The minimum Gasteiger partial charge on any atom is -0.494 e. The van der Waals surface area contributed by atoms with E-state index in [0.717, 1.165) is 27.6 Å². The number of rotatable bonds is 12. The number of benzene rings is 3. The molecule has 0 fully saturated rings. The minimum atomic E-state index is -3.96. The quantitative estimate of drug-likeness (QED) is 0.145. The molecule has 0 aliphatic carbocycles. The Morgan fingerprint density at radius 2 is 1.78 bits per heavy atom. The van der Waals surface area contributed by atoms with Crippen molar-refractivity contribution in [1.82, 2.24) is 15.6 Å². The van der Waals surface area contributed by atoms with Crippen LogP contribution in [0.2, 0.25) is 0 Å². The van der Waals surface area contributed by atoms with Gasteiger partial charge in [-0.25, -0.2) is 13.4 Å². The minimum absolute atomic E-state index is 0.0503. The molecule has 5 rings (SSSR count). The van der Waals surface area contributed by atoms with Gasteiger partial charge in [-0.15, -0.1) is 11.3 Å². The van der Waals surface area contributed by atoms with Crippen LogP contribution < -0.4 is 20.7 Å².